The molecule has 0 aliphatic carbocycles. The van der Waals surface area contributed by atoms with E-state index >= 15 is 0 Å². The van der Waals surface area contributed by atoms with Crippen molar-refractivity contribution in [3.8, 4) is 5.75 Å². The minimum Gasteiger partial charge on any atom is -0.494 e. The fraction of sp³-hybridized carbons (Fsp3) is 0.188. The van der Waals surface area contributed by atoms with Crippen molar-refractivity contribution in [1.82, 2.24) is 0 Å². The van der Waals surface area contributed by atoms with E-state index in [1.165, 1.54) is 0 Å². The Bertz CT molecular complexity index is 554. The van der Waals surface area contributed by atoms with Crippen molar-refractivity contribution in [2.45, 2.75) is 11.8 Å². The fourth-order valence-corrected chi connectivity index (χ4v) is 2.20. The summed E-state index contributed by atoms with van der Waals surface area (Å²) in [6.45, 7) is 2.56. The zero-order valence-corrected chi connectivity index (χ0v) is 12.8. The summed E-state index contributed by atoms with van der Waals surface area (Å²) in [7, 11) is 0. The van der Waals surface area contributed by atoms with E-state index in [-0.39, 0.29) is 10.7 Å². The number of hydrogen-bond donors (Lipinski definition) is 1. The van der Waals surface area contributed by atoms with Gasteiger partial charge in [-0.3, -0.25) is 4.79 Å². The molecular formula is C16H16BrNO2. The molecule has 104 valence electrons. The third-order valence-corrected chi connectivity index (χ3v) is 3.70. The second-order valence-electron chi connectivity index (χ2n) is 4.22. The summed E-state index contributed by atoms with van der Waals surface area (Å²) in [6.07, 6.45) is 0. The van der Waals surface area contributed by atoms with E-state index in [0.717, 1.165) is 17.0 Å². The van der Waals surface area contributed by atoms with Crippen LogP contribution >= 0.6 is 15.9 Å². The maximum absolute atomic E-state index is 12.1. The van der Waals surface area contributed by atoms with Crippen LogP contribution in [0.3, 0.4) is 0 Å². The van der Waals surface area contributed by atoms with Crippen molar-refractivity contribution in [2.75, 3.05) is 11.9 Å². The largest absolute Gasteiger partial charge is 0.494 e. The number of carbonyl (C=O) groups is 1. The van der Waals surface area contributed by atoms with E-state index in [4.69, 9.17) is 4.74 Å². The lowest BCUT2D eigenvalue weighted by Crippen LogP contribution is -2.16. The van der Waals surface area contributed by atoms with Crippen LogP contribution in [0.2, 0.25) is 0 Å². The Hall–Kier alpha value is -1.81. The van der Waals surface area contributed by atoms with Crippen LogP contribution in [0.5, 0.6) is 5.75 Å². The quantitative estimate of drug-likeness (QED) is 0.834. The van der Waals surface area contributed by atoms with Gasteiger partial charge in [-0.25, -0.2) is 0 Å². The first-order chi connectivity index (χ1) is 9.70. The van der Waals surface area contributed by atoms with Gasteiger partial charge in [0.05, 0.1) is 6.61 Å². The van der Waals surface area contributed by atoms with Crippen molar-refractivity contribution in [3.63, 3.8) is 0 Å². The summed E-state index contributed by atoms with van der Waals surface area (Å²) < 4.78 is 5.36. The highest BCUT2D eigenvalue weighted by molar-refractivity contribution is 9.09. The van der Waals surface area contributed by atoms with Crippen LogP contribution in [0, 0.1) is 0 Å². The molecule has 0 fully saturated rings. The van der Waals surface area contributed by atoms with E-state index in [9.17, 15) is 4.79 Å². The molecule has 1 N–H and O–H groups in total. The molecule has 3 nitrogen and oxygen atoms in total. The van der Waals surface area contributed by atoms with Crippen molar-refractivity contribution in [1.29, 1.82) is 0 Å². The molecule has 2 aromatic carbocycles. The maximum Gasteiger partial charge on any atom is 0.242 e. The third-order valence-electron chi connectivity index (χ3n) is 2.76. The van der Waals surface area contributed by atoms with Crippen LogP contribution in [0.25, 0.3) is 0 Å². The molecule has 0 heterocycles. The first-order valence-electron chi connectivity index (χ1n) is 6.43. The summed E-state index contributed by atoms with van der Waals surface area (Å²) in [5, 5.41) is 2.87. The number of amides is 1. The number of halogens is 1. The zero-order valence-electron chi connectivity index (χ0n) is 11.2. The highest BCUT2D eigenvalue weighted by atomic mass is 79.9. The van der Waals surface area contributed by atoms with E-state index in [2.05, 4.69) is 21.2 Å². The molecular weight excluding hydrogens is 318 g/mol. The third kappa shape index (κ3) is 3.84. The Morgan fingerprint density at radius 2 is 1.80 bits per heavy atom. The topological polar surface area (TPSA) is 38.3 Å². The lowest BCUT2D eigenvalue weighted by atomic mass is 10.1. The molecule has 0 unspecified atom stereocenters. The molecule has 0 spiro atoms. The number of benzene rings is 2. The van der Waals surface area contributed by atoms with Gasteiger partial charge in [-0.1, -0.05) is 46.3 Å². The molecule has 1 atom stereocenters. The highest BCUT2D eigenvalue weighted by Crippen LogP contribution is 2.24. The Balaban J connectivity index is 2.00. The molecule has 2 aromatic rings. The molecule has 0 aliphatic heterocycles. The number of nitrogens with one attached hydrogen (secondary N) is 1. The predicted molar refractivity (Wildman–Crippen MR) is 84.4 cm³/mol. The van der Waals surface area contributed by atoms with Crippen molar-refractivity contribution in [3.05, 3.63) is 60.2 Å². The Morgan fingerprint density at radius 3 is 2.40 bits per heavy atom. The molecule has 0 saturated carbocycles. The number of anilines is 1. The van der Waals surface area contributed by atoms with Crippen molar-refractivity contribution >= 4 is 27.5 Å². The number of alkyl halides is 1. The normalized spacial score (nSPS) is 11.7. The summed E-state index contributed by atoms with van der Waals surface area (Å²) in [5.74, 6) is 0.698. The van der Waals surface area contributed by atoms with Gasteiger partial charge in [0.15, 0.2) is 0 Å². The Morgan fingerprint density at radius 1 is 1.15 bits per heavy atom. The first kappa shape index (κ1) is 14.6. The number of ether oxygens (including phenoxy) is 1. The number of rotatable bonds is 5. The summed E-state index contributed by atoms with van der Waals surface area (Å²) in [5.41, 5.74) is 1.68. The first-order valence-corrected chi connectivity index (χ1v) is 7.35. The van der Waals surface area contributed by atoms with Gasteiger partial charge in [0, 0.05) is 5.69 Å². The molecule has 4 heteroatoms. The van der Waals surface area contributed by atoms with Gasteiger partial charge in [0.25, 0.3) is 0 Å². The lowest BCUT2D eigenvalue weighted by molar-refractivity contribution is -0.115. The van der Waals surface area contributed by atoms with Crippen LogP contribution in [-0.4, -0.2) is 12.5 Å². The van der Waals surface area contributed by atoms with Gasteiger partial charge in [0.1, 0.15) is 10.6 Å². The SMILES string of the molecule is CCOc1ccc(NC(=O)[C@H](Br)c2ccccc2)cc1. The molecule has 1 amide bonds. The minimum atomic E-state index is -0.365. The van der Waals surface area contributed by atoms with E-state index in [1.807, 2.05) is 61.5 Å². The minimum absolute atomic E-state index is 0.0969. The van der Waals surface area contributed by atoms with Gasteiger partial charge in [-0.05, 0) is 36.8 Å². The second-order valence-corrected chi connectivity index (χ2v) is 5.14. The Kier molecular flexibility index (Phi) is 5.18. The molecule has 0 saturated heterocycles. The van der Waals surface area contributed by atoms with Crippen LogP contribution in [0.15, 0.2) is 54.6 Å². The number of carbonyl (C=O) groups excluding carboxylic acids is 1. The summed E-state index contributed by atoms with van der Waals surface area (Å²) >= 11 is 3.41. The summed E-state index contributed by atoms with van der Waals surface area (Å²) in [4.78, 5) is 11.8. The van der Waals surface area contributed by atoms with Crippen molar-refractivity contribution < 1.29 is 9.53 Å². The van der Waals surface area contributed by atoms with Gasteiger partial charge < -0.3 is 10.1 Å². The average Bonchev–Trinajstić information content (AvgIpc) is 2.49. The Labute approximate surface area is 127 Å². The smallest absolute Gasteiger partial charge is 0.242 e. The van der Waals surface area contributed by atoms with E-state index in [0.29, 0.717) is 6.61 Å². The van der Waals surface area contributed by atoms with E-state index < -0.39 is 0 Å². The molecule has 0 radical (unpaired) electrons. The maximum atomic E-state index is 12.1. The predicted octanol–water partition coefficient (Wildman–Crippen LogP) is 4.16. The second kappa shape index (κ2) is 7.10. The van der Waals surface area contributed by atoms with Crippen LogP contribution in [0.1, 0.15) is 17.3 Å². The monoisotopic (exact) mass is 333 g/mol. The fourth-order valence-electron chi connectivity index (χ4n) is 1.78. The lowest BCUT2D eigenvalue weighted by Gasteiger charge is -2.11. The van der Waals surface area contributed by atoms with Crippen LogP contribution in [-0.2, 0) is 4.79 Å². The average molecular weight is 334 g/mol. The van der Waals surface area contributed by atoms with E-state index in [1.54, 1.807) is 0 Å². The molecule has 2 rings (SSSR count). The zero-order chi connectivity index (χ0) is 14.4. The molecule has 20 heavy (non-hydrogen) atoms. The summed E-state index contributed by atoms with van der Waals surface area (Å²) in [6, 6.07) is 16.9. The molecule has 0 aromatic heterocycles. The van der Waals surface area contributed by atoms with Gasteiger partial charge in [-0.2, -0.15) is 0 Å². The van der Waals surface area contributed by atoms with Crippen LogP contribution < -0.4 is 10.1 Å². The van der Waals surface area contributed by atoms with Gasteiger partial charge >= 0.3 is 0 Å². The molecule has 0 aliphatic rings. The van der Waals surface area contributed by atoms with Crippen molar-refractivity contribution in [2.24, 2.45) is 0 Å². The number of hydrogen-bond acceptors (Lipinski definition) is 2. The standard InChI is InChI=1S/C16H16BrNO2/c1-2-20-14-10-8-13(9-11-14)18-16(19)15(17)12-6-4-3-5-7-12/h3-11,15H,2H2,1H3,(H,18,19)/t15-/m1/s1. The van der Waals surface area contributed by atoms with Crippen LogP contribution in [0.4, 0.5) is 5.69 Å². The van der Waals surface area contributed by atoms with Gasteiger partial charge in [-0.15, -0.1) is 0 Å². The highest BCUT2D eigenvalue weighted by Gasteiger charge is 2.16. The molecule has 0 bridgehead atoms. The van der Waals surface area contributed by atoms with Gasteiger partial charge in [0.2, 0.25) is 5.91 Å².